The molecule has 102 valence electrons. The van der Waals surface area contributed by atoms with Crippen molar-refractivity contribution in [1.29, 1.82) is 0 Å². The molecule has 5 heteroatoms. The van der Waals surface area contributed by atoms with Gasteiger partial charge < -0.3 is 19.2 Å². The molecule has 2 aromatic rings. The average Bonchev–Trinajstić information content (AvgIpc) is 2.83. The summed E-state index contributed by atoms with van der Waals surface area (Å²) in [5, 5.41) is 3.62. The highest BCUT2D eigenvalue weighted by Crippen LogP contribution is 2.30. The van der Waals surface area contributed by atoms with Crippen LogP contribution in [0, 0.1) is 0 Å². The molecule has 1 N–H and O–H groups in total. The van der Waals surface area contributed by atoms with Gasteiger partial charge in [0, 0.05) is 11.8 Å². The molecule has 0 atom stereocenters. The normalized spacial score (nSPS) is 10.3. The summed E-state index contributed by atoms with van der Waals surface area (Å²) < 4.78 is 16.0. The molecule has 19 heavy (non-hydrogen) atoms. The van der Waals surface area contributed by atoms with Gasteiger partial charge in [0.1, 0.15) is 5.76 Å². The number of methoxy groups -OCH3 is 1. The molecular formula is C14H16ClNO3. The van der Waals surface area contributed by atoms with Crippen molar-refractivity contribution in [2.75, 3.05) is 19.0 Å². The van der Waals surface area contributed by atoms with Crippen molar-refractivity contribution in [3.8, 4) is 11.5 Å². The first-order chi connectivity index (χ1) is 9.22. The van der Waals surface area contributed by atoms with E-state index in [0.717, 1.165) is 17.2 Å². The molecule has 0 aliphatic rings. The van der Waals surface area contributed by atoms with E-state index in [-0.39, 0.29) is 0 Å². The van der Waals surface area contributed by atoms with Gasteiger partial charge in [0.25, 0.3) is 0 Å². The summed E-state index contributed by atoms with van der Waals surface area (Å²) in [5.41, 5.74) is 0.924. The molecule has 0 spiro atoms. The Balaban J connectivity index is 2.04. The van der Waals surface area contributed by atoms with E-state index in [0.29, 0.717) is 24.1 Å². The van der Waals surface area contributed by atoms with Crippen LogP contribution in [0.4, 0.5) is 5.69 Å². The predicted octanol–water partition coefficient (Wildman–Crippen LogP) is 3.95. The van der Waals surface area contributed by atoms with Gasteiger partial charge in [0.05, 0.1) is 20.3 Å². The maximum Gasteiger partial charge on any atom is 0.193 e. The first-order valence-electron chi connectivity index (χ1n) is 6.02. The molecule has 4 nitrogen and oxygen atoms in total. The topological polar surface area (TPSA) is 43.6 Å². The van der Waals surface area contributed by atoms with Gasteiger partial charge >= 0.3 is 0 Å². The number of rotatable bonds is 6. The molecule has 0 aliphatic heterocycles. The van der Waals surface area contributed by atoms with Crippen LogP contribution in [-0.2, 0) is 6.54 Å². The number of benzene rings is 1. The van der Waals surface area contributed by atoms with Gasteiger partial charge in [-0.2, -0.15) is 0 Å². The molecule has 0 bridgehead atoms. The predicted molar refractivity (Wildman–Crippen MR) is 75.2 cm³/mol. The van der Waals surface area contributed by atoms with E-state index in [9.17, 15) is 0 Å². The summed E-state index contributed by atoms with van der Waals surface area (Å²) in [4.78, 5) is 0. The zero-order valence-corrected chi connectivity index (χ0v) is 11.7. The fourth-order valence-corrected chi connectivity index (χ4v) is 1.85. The van der Waals surface area contributed by atoms with E-state index in [2.05, 4.69) is 5.32 Å². The number of hydrogen-bond donors (Lipinski definition) is 1. The van der Waals surface area contributed by atoms with E-state index in [1.54, 1.807) is 13.2 Å². The Labute approximate surface area is 117 Å². The van der Waals surface area contributed by atoms with Crippen molar-refractivity contribution >= 4 is 17.3 Å². The number of ether oxygens (including phenoxy) is 2. The monoisotopic (exact) mass is 281 g/mol. The maximum absolute atomic E-state index is 5.71. The Bertz CT molecular complexity index is 539. The summed E-state index contributed by atoms with van der Waals surface area (Å²) in [6, 6.07) is 9.24. The molecule has 0 unspecified atom stereocenters. The number of furan rings is 1. The lowest BCUT2D eigenvalue weighted by Gasteiger charge is -2.11. The molecule has 0 saturated heterocycles. The largest absolute Gasteiger partial charge is 0.493 e. The summed E-state index contributed by atoms with van der Waals surface area (Å²) in [7, 11) is 1.62. The van der Waals surface area contributed by atoms with Gasteiger partial charge in [-0.05, 0) is 42.8 Å². The van der Waals surface area contributed by atoms with Crippen molar-refractivity contribution in [3.05, 3.63) is 41.3 Å². The smallest absolute Gasteiger partial charge is 0.193 e. The van der Waals surface area contributed by atoms with Crippen LogP contribution < -0.4 is 14.8 Å². The lowest BCUT2D eigenvalue weighted by molar-refractivity contribution is 0.311. The minimum atomic E-state index is 0.390. The lowest BCUT2D eigenvalue weighted by Crippen LogP contribution is -2.00. The summed E-state index contributed by atoms with van der Waals surface area (Å²) in [5.74, 6) is 2.21. The first-order valence-corrected chi connectivity index (χ1v) is 6.39. The molecule has 2 rings (SSSR count). The van der Waals surface area contributed by atoms with Crippen LogP contribution >= 0.6 is 11.6 Å². The number of hydrogen-bond acceptors (Lipinski definition) is 4. The third-order valence-corrected chi connectivity index (χ3v) is 2.76. The van der Waals surface area contributed by atoms with Crippen LogP contribution in [0.1, 0.15) is 12.7 Å². The van der Waals surface area contributed by atoms with E-state index in [4.69, 9.17) is 25.5 Å². The highest BCUT2D eigenvalue weighted by Gasteiger charge is 2.06. The fourth-order valence-electron chi connectivity index (χ4n) is 1.69. The molecule has 1 heterocycles. The van der Waals surface area contributed by atoms with Gasteiger partial charge in [0.2, 0.25) is 0 Å². The van der Waals surface area contributed by atoms with E-state index in [1.165, 1.54) is 0 Å². The third-order valence-electron chi connectivity index (χ3n) is 2.56. The van der Waals surface area contributed by atoms with Crippen LogP contribution in [0.5, 0.6) is 11.5 Å². The zero-order valence-electron chi connectivity index (χ0n) is 10.9. The molecule has 1 aromatic heterocycles. The second-order valence-electron chi connectivity index (χ2n) is 3.86. The van der Waals surface area contributed by atoms with Gasteiger partial charge in [-0.3, -0.25) is 0 Å². The van der Waals surface area contributed by atoms with Crippen LogP contribution in [0.2, 0.25) is 5.22 Å². The summed E-state index contributed by atoms with van der Waals surface area (Å²) in [6.45, 7) is 3.10. The Morgan fingerprint density at radius 1 is 1.21 bits per heavy atom. The van der Waals surface area contributed by atoms with Crippen molar-refractivity contribution < 1.29 is 13.9 Å². The highest BCUT2D eigenvalue weighted by atomic mass is 35.5. The first kappa shape index (κ1) is 13.6. The lowest BCUT2D eigenvalue weighted by atomic mass is 10.2. The zero-order chi connectivity index (χ0) is 13.7. The molecule has 0 saturated carbocycles. The van der Waals surface area contributed by atoms with Crippen LogP contribution in [-0.4, -0.2) is 13.7 Å². The SMILES string of the molecule is CCOc1ccc(NCc2ccc(Cl)o2)cc1OC. The third kappa shape index (κ3) is 3.58. The van der Waals surface area contributed by atoms with Gasteiger partial charge in [0.15, 0.2) is 16.7 Å². The van der Waals surface area contributed by atoms with Crippen LogP contribution in [0.15, 0.2) is 34.7 Å². The van der Waals surface area contributed by atoms with Gasteiger partial charge in [-0.1, -0.05) is 0 Å². The Morgan fingerprint density at radius 2 is 2.05 bits per heavy atom. The molecule has 0 fully saturated rings. The van der Waals surface area contributed by atoms with Crippen molar-refractivity contribution in [3.63, 3.8) is 0 Å². The number of nitrogens with one attached hydrogen (secondary N) is 1. The summed E-state index contributed by atoms with van der Waals surface area (Å²) >= 11 is 5.71. The quantitative estimate of drug-likeness (QED) is 0.870. The number of halogens is 1. The van der Waals surface area contributed by atoms with Gasteiger partial charge in [-0.25, -0.2) is 0 Å². The minimum Gasteiger partial charge on any atom is -0.493 e. The molecular weight excluding hydrogens is 266 g/mol. The average molecular weight is 282 g/mol. The Hall–Kier alpha value is -1.81. The Kier molecular flexibility index (Phi) is 4.58. The second kappa shape index (κ2) is 6.38. The van der Waals surface area contributed by atoms with Crippen molar-refractivity contribution in [1.82, 2.24) is 0 Å². The highest BCUT2D eigenvalue weighted by molar-refractivity contribution is 6.28. The van der Waals surface area contributed by atoms with E-state index >= 15 is 0 Å². The standard InChI is InChI=1S/C14H16ClNO3/c1-3-18-12-6-4-10(8-13(12)17-2)16-9-11-5-7-14(15)19-11/h4-8,16H,3,9H2,1-2H3. The minimum absolute atomic E-state index is 0.390. The maximum atomic E-state index is 5.71. The van der Waals surface area contributed by atoms with E-state index in [1.807, 2.05) is 31.2 Å². The van der Waals surface area contributed by atoms with Crippen molar-refractivity contribution in [2.24, 2.45) is 0 Å². The van der Waals surface area contributed by atoms with E-state index < -0.39 is 0 Å². The Morgan fingerprint density at radius 3 is 2.68 bits per heavy atom. The van der Waals surface area contributed by atoms with Gasteiger partial charge in [-0.15, -0.1) is 0 Å². The molecule has 0 aliphatic carbocycles. The summed E-state index contributed by atoms with van der Waals surface area (Å²) in [6.07, 6.45) is 0. The fraction of sp³-hybridized carbons (Fsp3) is 0.286. The molecule has 0 radical (unpaired) electrons. The van der Waals surface area contributed by atoms with Crippen LogP contribution in [0.3, 0.4) is 0 Å². The molecule has 0 amide bonds. The number of anilines is 1. The van der Waals surface area contributed by atoms with Crippen LogP contribution in [0.25, 0.3) is 0 Å². The second-order valence-corrected chi connectivity index (χ2v) is 4.23. The van der Waals surface area contributed by atoms with Crippen molar-refractivity contribution in [2.45, 2.75) is 13.5 Å². The molecule has 1 aromatic carbocycles.